The molecule has 0 saturated heterocycles. The highest BCUT2D eigenvalue weighted by atomic mass is 19.1. The van der Waals surface area contributed by atoms with Crippen LogP contribution in [-0.2, 0) is 16.1 Å². The van der Waals surface area contributed by atoms with E-state index in [1.807, 2.05) is 43.3 Å². The number of nitrogens with zero attached hydrogens (tertiary/aromatic N) is 2. The predicted molar refractivity (Wildman–Crippen MR) is 108 cm³/mol. The van der Waals surface area contributed by atoms with Crippen molar-refractivity contribution in [2.45, 2.75) is 13.5 Å². The lowest BCUT2D eigenvalue weighted by atomic mass is 10.1. The first-order valence-corrected chi connectivity index (χ1v) is 9.12. The highest BCUT2D eigenvalue weighted by molar-refractivity contribution is 5.96. The van der Waals surface area contributed by atoms with Gasteiger partial charge in [-0.25, -0.2) is 9.18 Å². The summed E-state index contributed by atoms with van der Waals surface area (Å²) in [5.41, 5.74) is 2.90. The lowest BCUT2D eigenvalue weighted by Gasteiger charge is -2.18. The summed E-state index contributed by atoms with van der Waals surface area (Å²) in [5.74, 6) is -1.54. The maximum Gasteiger partial charge on any atom is 0.375 e. The topological polar surface area (TPSA) is 63.0 Å². The summed E-state index contributed by atoms with van der Waals surface area (Å²) >= 11 is 0. The molecule has 1 heterocycles. The first kappa shape index (κ1) is 20.4. The minimum atomic E-state index is -0.754. The van der Waals surface area contributed by atoms with Crippen LogP contribution in [0.25, 0.3) is 11.0 Å². The number of carbonyl (C=O) groups is 2. The highest BCUT2D eigenvalue weighted by Crippen LogP contribution is 2.26. The van der Waals surface area contributed by atoms with Crippen molar-refractivity contribution in [3.63, 3.8) is 0 Å². The number of likely N-dealkylation sites (N-methyl/N-ethyl adjacent to an activating group) is 1. The molecule has 0 aliphatic heterocycles. The molecular formula is C22H23FN2O4. The Morgan fingerprint density at radius 2 is 1.76 bits per heavy atom. The molecular weight excluding hydrogens is 375 g/mol. The summed E-state index contributed by atoms with van der Waals surface area (Å²) in [7, 11) is 5.56. The van der Waals surface area contributed by atoms with Crippen molar-refractivity contribution >= 4 is 28.5 Å². The standard InChI is InChI=1S/C22H23FN2O4/c1-14-18-11-16(23)7-10-19(18)29-21(14)22(27)28-13-20(26)25(4)12-15-5-8-17(9-6-15)24(2)3/h5-11H,12-13H2,1-4H3. The van der Waals surface area contributed by atoms with E-state index >= 15 is 0 Å². The van der Waals surface area contributed by atoms with Crippen molar-refractivity contribution in [3.05, 3.63) is 65.2 Å². The number of ether oxygens (including phenoxy) is 1. The van der Waals surface area contributed by atoms with Gasteiger partial charge in [0, 0.05) is 44.3 Å². The Balaban J connectivity index is 1.59. The molecule has 0 fully saturated rings. The SMILES string of the molecule is Cc1c(C(=O)OCC(=O)N(C)Cc2ccc(N(C)C)cc2)oc2ccc(F)cc12. The molecule has 0 aliphatic carbocycles. The number of esters is 1. The van der Waals surface area contributed by atoms with E-state index < -0.39 is 18.4 Å². The number of anilines is 1. The summed E-state index contributed by atoms with van der Waals surface area (Å²) in [6.07, 6.45) is 0. The first-order valence-electron chi connectivity index (χ1n) is 9.12. The number of aryl methyl sites for hydroxylation is 1. The van der Waals surface area contributed by atoms with Crippen molar-refractivity contribution in [1.82, 2.24) is 4.90 Å². The highest BCUT2D eigenvalue weighted by Gasteiger charge is 2.21. The van der Waals surface area contributed by atoms with E-state index in [-0.39, 0.29) is 11.7 Å². The van der Waals surface area contributed by atoms with Gasteiger partial charge in [0.2, 0.25) is 5.76 Å². The summed E-state index contributed by atoms with van der Waals surface area (Å²) < 4.78 is 24.0. The van der Waals surface area contributed by atoms with Crippen LogP contribution in [0, 0.1) is 12.7 Å². The van der Waals surface area contributed by atoms with Gasteiger partial charge in [0.15, 0.2) is 6.61 Å². The third kappa shape index (κ3) is 4.56. The number of rotatable bonds is 6. The molecule has 0 bridgehead atoms. The zero-order chi connectivity index (χ0) is 21.1. The third-order valence-corrected chi connectivity index (χ3v) is 4.71. The van der Waals surface area contributed by atoms with Crippen molar-refractivity contribution in [1.29, 1.82) is 0 Å². The molecule has 6 nitrogen and oxygen atoms in total. The molecule has 3 aromatic rings. The van der Waals surface area contributed by atoms with Crippen LogP contribution in [0.15, 0.2) is 46.9 Å². The fraction of sp³-hybridized carbons (Fsp3) is 0.273. The molecule has 3 rings (SSSR count). The fourth-order valence-electron chi connectivity index (χ4n) is 2.95. The van der Waals surface area contributed by atoms with Gasteiger partial charge in [0.05, 0.1) is 0 Å². The van der Waals surface area contributed by atoms with Gasteiger partial charge in [-0.15, -0.1) is 0 Å². The molecule has 29 heavy (non-hydrogen) atoms. The molecule has 0 unspecified atom stereocenters. The van der Waals surface area contributed by atoms with Crippen LogP contribution in [0.1, 0.15) is 21.7 Å². The van der Waals surface area contributed by atoms with E-state index in [0.717, 1.165) is 11.3 Å². The summed E-state index contributed by atoms with van der Waals surface area (Å²) in [4.78, 5) is 28.1. The summed E-state index contributed by atoms with van der Waals surface area (Å²) in [6, 6.07) is 11.8. The maximum absolute atomic E-state index is 13.4. The first-order chi connectivity index (χ1) is 13.8. The Hall–Kier alpha value is -3.35. The average Bonchev–Trinajstić information content (AvgIpc) is 3.02. The summed E-state index contributed by atoms with van der Waals surface area (Å²) in [5, 5.41) is 0.501. The van der Waals surface area contributed by atoms with Crippen LogP contribution in [0.2, 0.25) is 0 Å². The molecule has 0 radical (unpaired) electrons. The molecule has 152 valence electrons. The van der Waals surface area contributed by atoms with Crippen LogP contribution < -0.4 is 4.90 Å². The lowest BCUT2D eigenvalue weighted by molar-refractivity contribution is -0.133. The molecule has 7 heteroatoms. The van der Waals surface area contributed by atoms with Gasteiger partial charge in [-0.2, -0.15) is 0 Å². The number of halogens is 1. The Kier molecular flexibility index (Phi) is 5.87. The van der Waals surface area contributed by atoms with Gasteiger partial charge in [-0.05, 0) is 42.8 Å². The zero-order valence-electron chi connectivity index (χ0n) is 16.9. The molecule has 1 amide bonds. The zero-order valence-corrected chi connectivity index (χ0v) is 16.9. The number of hydrogen-bond donors (Lipinski definition) is 0. The third-order valence-electron chi connectivity index (χ3n) is 4.71. The van der Waals surface area contributed by atoms with Crippen LogP contribution in [0.4, 0.5) is 10.1 Å². The molecule has 0 saturated carbocycles. The van der Waals surface area contributed by atoms with Gasteiger partial charge in [0.1, 0.15) is 11.4 Å². The Bertz CT molecular complexity index is 1040. The minimum Gasteiger partial charge on any atom is -0.450 e. The van der Waals surface area contributed by atoms with Crippen molar-refractivity contribution in [2.24, 2.45) is 0 Å². The lowest BCUT2D eigenvalue weighted by Crippen LogP contribution is -2.30. The monoisotopic (exact) mass is 398 g/mol. The number of benzene rings is 2. The number of fused-ring (bicyclic) bond motifs is 1. The second kappa shape index (κ2) is 8.34. The number of furan rings is 1. The van der Waals surface area contributed by atoms with Crippen LogP contribution in [-0.4, -0.2) is 44.5 Å². The van der Waals surface area contributed by atoms with E-state index in [1.165, 1.54) is 23.1 Å². The summed E-state index contributed by atoms with van der Waals surface area (Å²) in [6.45, 7) is 1.64. The van der Waals surface area contributed by atoms with E-state index in [0.29, 0.717) is 23.1 Å². The van der Waals surface area contributed by atoms with Gasteiger partial charge in [-0.3, -0.25) is 4.79 Å². The second-order valence-corrected chi connectivity index (χ2v) is 7.08. The molecule has 0 spiro atoms. The van der Waals surface area contributed by atoms with Gasteiger partial charge in [-0.1, -0.05) is 12.1 Å². The van der Waals surface area contributed by atoms with Crippen molar-refractivity contribution < 1.29 is 23.1 Å². The molecule has 2 aromatic carbocycles. The number of carbonyl (C=O) groups excluding carboxylic acids is 2. The minimum absolute atomic E-state index is 0.0275. The predicted octanol–water partition coefficient (Wildman–Crippen LogP) is 3.76. The second-order valence-electron chi connectivity index (χ2n) is 7.08. The Morgan fingerprint density at radius 1 is 1.07 bits per heavy atom. The average molecular weight is 398 g/mol. The van der Waals surface area contributed by atoms with E-state index in [2.05, 4.69) is 0 Å². The Morgan fingerprint density at radius 3 is 2.41 bits per heavy atom. The van der Waals surface area contributed by atoms with Crippen LogP contribution >= 0.6 is 0 Å². The molecule has 1 aromatic heterocycles. The quantitative estimate of drug-likeness (QED) is 0.592. The molecule has 0 N–H and O–H groups in total. The van der Waals surface area contributed by atoms with Gasteiger partial charge >= 0.3 is 5.97 Å². The van der Waals surface area contributed by atoms with Crippen molar-refractivity contribution in [2.75, 3.05) is 32.6 Å². The maximum atomic E-state index is 13.4. The molecule has 0 atom stereocenters. The van der Waals surface area contributed by atoms with E-state index in [9.17, 15) is 14.0 Å². The largest absolute Gasteiger partial charge is 0.450 e. The van der Waals surface area contributed by atoms with E-state index in [4.69, 9.17) is 9.15 Å². The molecule has 0 aliphatic rings. The smallest absolute Gasteiger partial charge is 0.375 e. The fourth-order valence-corrected chi connectivity index (χ4v) is 2.95. The van der Waals surface area contributed by atoms with Crippen LogP contribution in [0.5, 0.6) is 0 Å². The van der Waals surface area contributed by atoms with Gasteiger partial charge < -0.3 is 19.0 Å². The van der Waals surface area contributed by atoms with Gasteiger partial charge in [0.25, 0.3) is 5.91 Å². The van der Waals surface area contributed by atoms with Crippen molar-refractivity contribution in [3.8, 4) is 0 Å². The van der Waals surface area contributed by atoms with E-state index in [1.54, 1.807) is 14.0 Å². The number of hydrogen-bond acceptors (Lipinski definition) is 5. The normalized spacial score (nSPS) is 10.8. The van der Waals surface area contributed by atoms with Crippen LogP contribution in [0.3, 0.4) is 0 Å². The number of amides is 1. The Labute approximate surface area is 168 Å².